The van der Waals surface area contributed by atoms with Crippen LogP contribution in [0.5, 0.6) is 5.75 Å². The Morgan fingerprint density at radius 2 is 1.21 bits per heavy atom. The average Bonchev–Trinajstić information content (AvgIpc) is 3.08. The van der Waals surface area contributed by atoms with E-state index < -0.39 is 17.8 Å². The summed E-state index contributed by atoms with van der Waals surface area (Å²) in [5.74, 6) is -1.25. The van der Waals surface area contributed by atoms with E-state index in [0.717, 1.165) is 11.3 Å². The normalized spacial score (nSPS) is 10.5. The SMILES string of the molecule is Cc1ccccc1N(CC(=O)N(CC(=O)N(C)c1ccccc1)c1cccc(OCC(N)=O)c1)C(=O)N(C)c1cccc(N(C)C)c1. The van der Waals surface area contributed by atoms with Gasteiger partial charge in [0.05, 0.1) is 0 Å². The number of ether oxygens (including phenoxy) is 1. The summed E-state index contributed by atoms with van der Waals surface area (Å²) in [6.07, 6.45) is 0. The van der Waals surface area contributed by atoms with Gasteiger partial charge in [0.2, 0.25) is 11.8 Å². The molecule has 11 nitrogen and oxygen atoms in total. The molecule has 0 aliphatic rings. The minimum Gasteiger partial charge on any atom is -0.484 e. The summed E-state index contributed by atoms with van der Waals surface area (Å²) in [5, 5.41) is 0. The van der Waals surface area contributed by atoms with Gasteiger partial charge < -0.3 is 25.2 Å². The molecule has 0 saturated carbocycles. The number of hydrogen-bond acceptors (Lipinski definition) is 6. The lowest BCUT2D eigenvalue weighted by molar-refractivity contribution is -0.121. The van der Waals surface area contributed by atoms with Gasteiger partial charge in [0.25, 0.3) is 5.91 Å². The first kappa shape index (κ1) is 34.0. The monoisotopic (exact) mass is 636 g/mol. The van der Waals surface area contributed by atoms with Crippen molar-refractivity contribution in [3.8, 4) is 5.75 Å². The quantitative estimate of drug-likeness (QED) is 0.241. The van der Waals surface area contributed by atoms with Crippen molar-refractivity contribution in [1.29, 1.82) is 0 Å². The second-order valence-corrected chi connectivity index (χ2v) is 11.1. The first-order valence-corrected chi connectivity index (χ1v) is 15.0. The number of urea groups is 1. The number of benzene rings is 4. The zero-order chi connectivity index (χ0) is 34.1. The Bertz CT molecular complexity index is 1730. The lowest BCUT2D eigenvalue weighted by atomic mass is 10.1. The highest BCUT2D eigenvalue weighted by molar-refractivity contribution is 6.11. The Morgan fingerprint density at radius 1 is 0.617 bits per heavy atom. The molecule has 0 radical (unpaired) electrons. The molecular weight excluding hydrogens is 596 g/mol. The molecule has 0 heterocycles. The highest BCUT2D eigenvalue weighted by Gasteiger charge is 2.29. The molecule has 0 atom stereocenters. The molecular formula is C36H40N6O5. The molecule has 47 heavy (non-hydrogen) atoms. The van der Waals surface area contributed by atoms with Gasteiger partial charge in [0.1, 0.15) is 18.8 Å². The Morgan fingerprint density at radius 3 is 1.89 bits per heavy atom. The maximum Gasteiger partial charge on any atom is 0.329 e. The molecule has 0 aliphatic heterocycles. The smallest absolute Gasteiger partial charge is 0.329 e. The fourth-order valence-corrected chi connectivity index (χ4v) is 4.87. The zero-order valence-electron chi connectivity index (χ0n) is 27.3. The van der Waals surface area contributed by atoms with Crippen LogP contribution in [-0.4, -0.2) is 71.6 Å². The van der Waals surface area contributed by atoms with Gasteiger partial charge in [-0.1, -0.05) is 48.5 Å². The van der Waals surface area contributed by atoms with Gasteiger partial charge in [-0.3, -0.25) is 24.2 Å². The van der Waals surface area contributed by atoms with Crippen LogP contribution in [0.4, 0.5) is 33.2 Å². The summed E-state index contributed by atoms with van der Waals surface area (Å²) in [6, 6.07) is 29.9. The van der Waals surface area contributed by atoms with E-state index in [1.165, 1.54) is 19.6 Å². The molecule has 11 heteroatoms. The van der Waals surface area contributed by atoms with Gasteiger partial charge in [0.15, 0.2) is 6.61 Å². The number of carbonyl (C=O) groups excluding carboxylic acids is 4. The lowest BCUT2D eigenvalue weighted by Gasteiger charge is -2.32. The minimum atomic E-state index is -0.657. The molecule has 0 bridgehead atoms. The average molecular weight is 637 g/mol. The largest absolute Gasteiger partial charge is 0.484 e. The van der Waals surface area contributed by atoms with Gasteiger partial charge in [0, 0.05) is 62.7 Å². The van der Waals surface area contributed by atoms with Crippen molar-refractivity contribution in [2.75, 3.05) is 72.4 Å². The fraction of sp³-hybridized carbons (Fsp3) is 0.222. The summed E-state index contributed by atoms with van der Waals surface area (Å²) < 4.78 is 5.49. The van der Waals surface area contributed by atoms with E-state index in [4.69, 9.17) is 10.5 Å². The van der Waals surface area contributed by atoms with Crippen molar-refractivity contribution in [2.24, 2.45) is 5.73 Å². The van der Waals surface area contributed by atoms with E-state index in [1.54, 1.807) is 62.6 Å². The van der Waals surface area contributed by atoms with Crippen molar-refractivity contribution in [3.63, 3.8) is 0 Å². The third kappa shape index (κ3) is 8.66. The first-order valence-electron chi connectivity index (χ1n) is 15.0. The molecule has 5 amide bonds. The van der Waals surface area contributed by atoms with E-state index in [9.17, 15) is 19.2 Å². The van der Waals surface area contributed by atoms with Crippen LogP contribution < -0.4 is 35.0 Å². The molecule has 4 aromatic carbocycles. The van der Waals surface area contributed by atoms with Crippen molar-refractivity contribution < 1.29 is 23.9 Å². The van der Waals surface area contributed by atoms with Crippen molar-refractivity contribution in [3.05, 3.63) is 109 Å². The summed E-state index contributed by atoms with van der Waals surface area (Å²) >= 11 is 0. The van der Waals surface area contributed by atoms with E-state index in [1.807, 2.05) is 80.5 Å². The number of amides is 5. The number of nitrogens with two attached hydrogens (primary N) is 1. The maximum absolute atomic E-state index is 14.3. The number of primary amides is 1. The van der Waals surface area contributed by atoms with Crippen LogP contribution in [0.1, 0.15) is 5.56 Å². The highest BCUT2D eigenvalue weighted by atomic mass is 16.5. The molecule has 244 valence electrons. The summed E-state index contributed by atoms with van der Waals surface area (Å²) in [4.78, 5) is 61.1. The minimum absolute atomic E-state index is 0.287. The molecule has 0 spiro atoms. The number of nitrogens with zero attached hydrogens (tertiary/aromatic N) is 5. The molecule has 0 aliphatic carbocycles. The number of aryl methyl sites for hydroxylation is 1. The third-order valence-electron chi connectivity index (χ3n) is 7.57. The van der Waals surface area contributed by atoms with Crippen molar-refractivity contribution in [2.45, 2.75) is 6.92 Å². The van der Waals surface area contributed by atoms with Crippen LogP contribution in [0.2, 0.25) is 0 Å². The second kappa shape index (κ2) is 15.4. The Balaban J connectivity index is 1.71. The Kier molecular flexibility index (Phi) is 11.2. The second-order valence-electron chi connectivity index (χ2n) is 11.1. The zero-order valence-corrected chi connectivity index (χ0v) is 27.3. The van der Waals surface area contributed by atoms with Crippen LogP contribution in [0, 0.1) is 6.92 Å². The van der Waals surface area contributed by atoms with E-state index in [-0.39, 0.29) is 31.4 Å². The molecule has 4 rings (SSSR count). The number of carbonyl (C=O) groups is 4. The van der Waals surface area contributed by atoms with E-state index in [2.05, 4.69) is 0 Å². The number of rotatable bonds is 12. The van der Waals surface area contributed by atoms with Crippen molar-refractivity contribution in [1.82, 2.24) is 0 Å². The predicted molar refractivity (Wildman–Crippen MR) is 186 cm³/mol. The lowest BCUT2D eigenvalue weighted by Crippen LogP contribution is -2.50. The van der Waals surface area contributed by atoms with Gasteiger partial charge in [-0.05, 0) is 61.0 Å². The summed E-state index contributed by atoms with van der Waals surface area (Å²) in [5.41, 5.74) is 9.14. The van der Waals surface area contributed by atoms with Crippen LogP contribution in [-0.2, 0) is 14.4 Å². The molecule has 0 aromatic heterocycles. The van der Waals surface area contributed by atoms with Gasteiger partial charge >= 0.3 is 6.03 Å². The maximum atomic E-state index is 14.3. The number of hydrogen-bond donors (Lipinski definition) is 1. The van der Waals surface area contributed by atoms with Crippen LogP contribution >= 0.6 is 0 Å². The van der Waals surface area contributed by atoms with Gasteiger partial charge in [-0.2, -0.15) is 0 Å². The molecule has 0 unspecified atom stereocenters. The molecule has 4 aromatic rings. The highest BCUT2D eigenvalue weighted by Crippen LogP contribution is 2.27. The van der Waals surface area contributed by atoms with Gasteiger partial charge in [-0.25, -0.2) is 4.79 Å². The first-order chi connectivity index (χ1) is 22.5. The summed E-state index contributed by atoms with van der Waals surface area (Å²) in [6.45, 7) is 0.794. The summed E-state index contributed by atoms with van der Waals surface area (Å²) in [7, 11) is 7.12. The van der Waals surface area contributed by atoms with Crippen LogP contribution in [0.3, 0.4) is 0 Å². The predicted octanol–water partition coefficient (Wildman–Crippen LogP) is 4.68. The number of para-hydroxylation sites is 2. The third-order valence-corrected chi connectivity index (χ3v) is 7.57. The van der Waals surface area contributed by atoms with Crippen LogP contribution in [0.15, 0.2) is 103 Å². The molecule has 0 fully saturated rings. The Hall–Kier alpha value is -5.84. The number of likely N-dealkylation sites (N-methyl/N-ethyl adjacent to an activating group) is 1. The van der Waals surface area contributed by atoms with E-state index >= 15 is 0 Å². The number of anilines is 5. The van der Waals surface area contributed by atoms with E-state index in [0.29, 0.717) is 22.7 Å². The van der Waals surface area contributed by atoms with Crippen molar-refractivity contribution >= 4 is 52.2 Å². The van der Waals surface area contributed by atoms with Crippen LogP contribution in [0.25, 0.3) is 0 Å². The Labute approximate surface area is 275 Å². The molecule has 2 N–H and O–H groups in total. The fourth-order valence-electron chi connectivity index (χ4n) is 4.87. The molecule has 0 saturated heterocycles. The standard InChI is InChI=1S/C36H40N6O5/c1-26-13-9-10-20-32(26)42(36(46)40(5)29-17-11-16-28(21-29)38(2)3)24-35(45)41(23-34(44)39(4)27-14-7-6-8-15-27)30-18-12-19-31(22-30)47-25-33(37)43/h6-22H,23-25H2,1-5H3,(H2,37,43). The van der Waals surface area contributed by atoms with Gasteiger partial charge in [-0.15, -0.1) is 0 Å². The topological polar surface area (TPSA) is 120 Å².